The third-order valence-electron chi connectivity index (χ3n) is 3.67. The maximum absolute atomic E-state index is 10.6. The van der Waals surface area contributed by atoms with Gasteiger partial charge in [0.2, 0.25) is 5.79 Å². The van der Waals surface area contributed by atoms with Gasteiger partial charge >= 0.3 is 0 Å². The average Bonchev–Trinajstić information content (AvgIpc) is 2.93. The molecule has 2 heterocycles. The van der Waals surface area contributed by atoms with Crippen LogP contribution in [0.3, 0.4) is 0 Å². The molecular formula is C11H20N4O5. The third kappa shape index (κ3) is 3.35. The van der Waals surface area contributed by atoms with Gasteiger partial charge in [-0.2, -0.15) is 0 Å². The lowest BCUT2D eigenvalue weighted by Crippen LogP contribution is -2.63. The van der Waals surface area contributed by atoms with Crippen molar-refractivity contribution in [3.63, 3.8) is 0 Å². The van der Waals surface area contributed by atoms with E-state index in [2.05, 4.69) is 10.4 Å². The fourth-order valence-electron chi connectivity index (χ4n) is 2.47. The van der Waals surface area contributed by atoms with Crippen LogP contribution in [0.1, 0.15) is 6.42 Å². The fraction of sp³-hybridized carbons (Fsp3) is 0.909. The van der Waals surface area contributed by atoms with Crippen molar-refractivity contribution in [3.8, 4) is 0 Å². The molecule has 2 rings (SSSR count). The van der Waals surface area contributed by atoms with E-state index >= 15 is 0 Å². The van der Waals surface area contributed by atoms with Crippen LogP contribution >= 0.6 is 0 Å². The van der Waals surface area contributed by atoms with E-state index in [0.29, 0.717) is 32.2 Å². The number of hydrogen-bond acceptors (Lipinski definition) is 5. The van der Waals surface area contributed by atoms with Crippen molar-refractivity contribution in [2.75, 3.05) is 47.1 Å². The summed E-state index contributed by atoms with van der Waals surface area (Å²) in [6.45, 7) is 2.71. The zero-order valence-corrected chi connectivity index (χ0v) is 11.7. The summed E-state index contributed by atoms with van der Waals surface area (Å²) >= 11 is 0. The number of rotatable bonds is 5. The van der Waals surface area contributed by atoms with E-state index in [9.17, 15) is 10.1 Å². The molecule has 1 N–H and O–H groups in total. The molecule has 0 bridgehead atoms. The van der Waals surface area contributed by atoms with Gasteiger partial charge in [0.15, 0.2) is 5.03 Å². The van der Waals surface area contributed by atoms with Crippen LogP contribution in [0.4, 0.5) is 0 Å². The first-order valence-corrected chi connectivity index (χ1v) is 6.48. The second-order valence-corrected chi connectivity index (χ2v) is 4.94. The molecule has 2 fully saturated rings. The van der Waals surface area contributed by atoms with Gasteiger partial charge in [-0.25, -0.2) is 10.1 Å². The monoisotopic (exact) mass is 288 g/mol. The summed E-state index contributed by atoms with van der Waals surface area (Å²) in [6, 6.07) is 0. The molecule has 0 aliphatic carbocycles. The Bertz CT molecular complexity index is 379. The lowest BCUT2D eigenvalue weighted by molar-refractivity contribution is -0.486. The maximum atomic E-state index is 10.6. The first kappa shape index (κ1) is 14.9. The molecule has 0 radical (unpaired) electrons. The van der Waals surface area contributed by atoms with E-state index < -0.39 is 10.8 Å². The van der Waals surface area contributed by atoms with E-state index in [1.54, 1.807) is 19.1 Å². The Morgan fingerprint density at radius 1 is 1.60 bits per heavy atom. The molecule has 0 amide bonds. The van der Waals surface area contributed by atoms with E-state index in [4.69, 9.17) is 14.2 Å². The summed E-state index contributed by atoms with van der Waals surface area (Å²) in [5.41, 5.74) is 0. The number of nitrogens with one attached hydrogen (secondary N) is 1. The van der Waals surface area contributed by atoms with Gasteiger partial charge < -0.3 is 24.4 Å². The Morgan fingerprint density at radius 2 is 2.35 bits per heavy atom. The van der Waals surface area contributed by atoms with Gasteiger partial charge in [-0.05, 0) is 6.42 Å². The van der Waals surface area contributed by atoms with Crippen LogP contribution in [-0.2, 0) is 14.2 Å². The minimum Gasteiger partial charge on any atom is -0.381 e. The van der Waals surface area contributed by atoms with Crippen LogP contribution in [0, 0.1) is 16.0 Å². The minimum atomic E-state index is -0.824. The van der Waals surface area contributed by atoms with E-state index in [-0.39, 0.29) is 5.96 Å². The van der Waals surface area contributed by atoms with Crippen LogP contribution in [0.5, 0.6) is 0 Å². The van der Waals surface area contributed by atoms with Crippen molar-refractivity contribution in [1.82, 2.24) is 10.2 Å². The van der Waals surface area contributed by atoms with Crippen LogP contribution in [-0.4, -0.2) is 68.7 Å². The van der Waals surface area contributed by atoms with Crippen molar-refractivity contribution < 1.29 is 19.2 Å². The second kappa shape index (κ2) is 6.33. The predicted octanol–water partition coefficient (Wildman–Crippen LogP) is -0.535. The molecule has 9 nitrogen and oxygen atoms in total. The van der Waals surface area contributed by atoms with Gasteiger partial charge in [0.25, 0.3) is 5.96 Å². The molecule has 114 valence electrons. The quantitative estimate of drug-likeness (QED) is 0.412. The van der Waals surface area contributed by atoms with Gasteiger partial charge in [-0.3, -0.25) is 0 Å². The molecule has 20 heavy (non-hydrogen) atoms. The SMILES string of the molecule is COC1(OC)CNC(=N[N+](=O)[O-])N(CC2CCOC2)C1. The smallest absolute Gasteiger partial charge is 0.271 e. The number of ether oxygens (including phenoxy) is 3. The number of guanidine groups is 1. The van der Waals surface area contributed by atoms with E-state index in [1.807, 2.05) is 0 Å². The van der Waals surface area contributed by atoms with Crippen LogP contribution in [0.25, 0.3) is 0 Å². The first-order chi connectivity index (χ1) is 9.58. The molecular weight excluding hydrogens is 268 g/mol. The van der Waals surface area contributed by atoms with E-state index in [1.165, 1.54) is 0 Å². The van der Waals surface area contributed by atoms with Gasteiger partial charge in [0.05, 0.1) is 19.7 Å². The second-order valence-electron chi connectivity index (χ2n) is 4.94. The molecule has 2 aliphatic rings. The van der Waals surface area contributed by atoms with Gasteiger partial charge in [-0.15, -0.1) is 0 Å². The molecule has 9 heteroatoms. The molecule has 0 aromatic rings. The summed E-state index contributed by atoms with van der Waals surface area (Å²) in [6.07, 6.45) is 0.940. The Labute approximate surface area is 117 Å². The topological polar surface area (TPSA) is 98.5 Å². The summed E-state index contributed by atoms with van der Waals surface area (Å²) < 4.78 is 16.1. The zero-order valence-electron chi connectivity index (χ0n) is 11.7. The van der Waals surface area contributed by atoms with Crippen molar-refractivity contribution in [2.24, 2.45) is 11.0 Å². The molecule has 0 aromatic heterocycles. The molecule has 1 unspecified atom stereocenters. The number of hydrazone groups is 1. The highest BCUT2D eigenvalue weighted by atomic mass is 16.7. The largest absolute Gasteiger partial charge is 0.381 e. The van der Waals surface area contributed by atoms with E-state index in [0.717, 1.165) is 13.0 Å². The fourth-order valence-corrected chi connectivity index (χ4v) is 2.47. The number of methoxy groups -OCH3 is 2. The number of nitro groups is 1. The van der Waals surface area contributed by atoms with Gasteiger partial charge in [-0.1, -0.05) is 0 Å². The Hall–Kier alpha value is -1.45. The molecule has 0 aromatic carbocycles. The Balaban J connectivity index is 2.11. The summed E-state index contributed by atoms with van der Waals surface area (Å²) in [7, 11) is 3.11. The maximum Gasteiger partial charge on any atom is 0.271 e. The molecule has 2 aliphatic heterocycles. The summed E-state index contributed by atoms with van der Waals surface area (Å²) in [5.74, 6) is -0.250. The normalized spacial score (nSPS) is 27.6. The molecule has 0 saturated carbocycles. The van der Waals surface area contributed by atoms with Crippen molar-refractivity contribution in [3.05, 3.63) is 10.1 Å². The summed E-state index contributed by atoms with van der Waals surface area (Å²) in [4.78, 5) is 12.4. The zero-order chi connectivity index (χ0) is 14.6. The lowest BCUT2D eigenvalue weighted by atomic mass is 10.1. The van der Waals surface area contributed by atoms with Crippen molar-refractivity contribution in [2.45, 2.75) is 12.2 Å². The predicted molar refractivity (Wildman–Crippen MR) is 69.7 cm³/mol. The molecule has 1 atom stereocenters. The van der Waals surface area contributed by atoms with Crippen LogP contribution in [0.15, 0.2) is 5.10 Å². The Kier molecular flexibility index (Phi) is 4.73. The number of hydrogen-bond donors (Lipinski definition) is 1. The standard InChI is InChI=1S/C11H20N4O5/c1-18-11(19-2)7-12-10(13-15(16)17)14(8-11)5-9-3-4-20-6-9/h9H,3-8H2,1-2H3,(H,12,13). The third-order valence-corrected chi connectivity index (χ3v) is 3.67. The van der Waals surface area contributed by atoms with Gasteiger partial charge in [0.1, 0.15) is 5.10 Å². The highest BCUT2D eigenvalue weighted by molar-refractivity contribution is 5.80. The van der Waals surface area contributed by atoms with Crippen molar-refractivity contribution in [1.29, 1.82) is 0 Å². The molecule has 0 spiro atoms. The van der Waals surface area contributed by atoms with Crippen LogP contribution in [0.2, 0.25) is 0 Å². The number of nitrogens with zero attached hydrogens (tertiary/aromatic N) is 3. The highest BCUT2D eigenvalue weighted by Gasteiger charge is 2.40. The average molecular weight is 288 g/mol. The minimum absolute atomic E-state index is 0.242. The summed E-state index contributed by atoms with van der Waals surface area (Å²) in [5, 5.41) is 16.2. The lowest BCUT2D eigenvalue weighted by Gasteiger charge is -2.42. The highest BCUT2D eigenvalue weighted by Crippen LogP contribution is 2.21. The van der Waals surface area contributed by atoms with Crippen molar-refractivity contribution >= 4 is 5.96 Å². The van der Waals surface area contributed by atoms with Gasteiger partial charge in [0, 0.05) is 33.3 Å². The first-order valence-electron chi connectivity index (χ1n) is 6.48. The van der Waals surface area contributed by atoms with Crippen LogP contribution < -0.4 is 5.32 Å². The molecule has 2 saturated heterocycles. The Morgan fingerprint density at radius 3 is 2.90 bits per heavy atom.